The van der Waals surface area contributed by atoms with E-state index in [1.165, 1.54) is 116 Å². The molecule has 1 rings (SSSR count). The maximum atomic E-state index is 12.8. The number of rotatable bonds is 40. The van der Waals surface area contributed by atoms with Gasteiger partial charge in [-0.25, -0.2) is 0 Å². The molecule has 10 nitrogen and oxygen atoms in total. The fourth-order valence-electron chi connectivity index (χ4n) is 7.20. The first-order valence-corrected chi connectivity index (χ1v) is 24.1. The minimum absolute atomic E-state index is 0.225. The number of unbranched alkanes of at least 4 members (excludes halogenated alkanes) is 23. The normalized spacial score (nSPS) is 20.3. The lowest BCUT2D eigenvalue weighted by molar-refractivity contribution is -0.305. The molecule has 1 heterocycles. The molecule has 0 aromatic rings. The summed E-state index contributed by atoms with van der Waals surface area (Å²) < 4.78 is 22.2. The van der Waals surface area contributed by atoms with E-state index in [0.717, 1.165) is 51.4 Å². The number of carbonyl (C=O) groups is 2. The van der Waals surface area contributed by atoms with Crippen LogP contribution in [0.3, 0.4) is 0 Å². The maximum absolute atomic E-state index is 12.8. The first-order valence-electron chi connectivity index (χ1n) is 24.1. The number of carbonyl (C=O) groups excluding carboxylic acids is 2. The summed E-state index contributed by atoms with van der Waals surface area (Å²) in [5.74, 6) is -0.844. The quantitative estimate of drug-likeness (QED) is 0.0267. The Morgan fingerprint density at radius 1 is 0.525 bits per heavy atom. The van der Waals surface area contributed by atoms with E-state index in [9.17, 15) is 30.0 Å². The third-order valence-corrected chi connectivity index (χ3v) is 11.0. The van der Waals surface area contributed by atoms with Gasteiger partial charge in [0.25, 0.3) is 0 Å². The van der Waals surface area contributed by atoms with Crippen LogP contribution in [0.2, 0.25) is 0 Å². The summed E-state index contributed by atoms with van der Waals surface area (Å²) in [6, 6.07) is 0. The first kappa shape index (κ1) is 54.9. The average Bonchev–Trinajstić information content (AvgIpc) is 3.23. The Labute approximate surface area is 359 Å². The molecule has 59 heavy (non-hydrogen) atoms. The molecular weight excluding hydrogens is 749 g/mol. The van der Waals surface area contributed by atoms with Gasteiger partial charge in [0.05, 0.1) is 13.2 Å². The van der Waals surface area contributed by atoms with Crippen LogP contribution in [0.1, 0.15) is 206 Å². The van der Waals surface area contributed by atoms with Gasteiger partial charge in [-0.15, -0.1) is 0 Å². The van der Waals surface area contributed by atoms with Crippen LogP contribution >= 0.6 is 0 Å². The maximum Gasteiger partial charge on any atom is 0.306 e. The van der Waals surface area contributed by atoms with Crippen LogP contribution in [0.4, 0.5) is 0 Å². The van der Waals surface area contributed by atoms with Gasteiger partial charge in [-0.2, -0.15) is 0 Å². The van der Waals surface area contributed by atoms with Gasteiger partial charge < -0.3 is 39.4 Å². The Balaban J connectivity index is 2.31. The Kier molecular flexibility index (Phi) is 37.3. The molecule has 0 amide bonds. The van der Waals surface area contributed by atoms with Gasteiger partial charge in [-0.1, -0.05) is 179 Å². The molecule has 0 saturated carbocycles. The molecule has 0 spiro atoms. The molecule has 1 aliphatic rings. The van der Waals surface area contributed by atoms with E-state index in [-0.39, 0.29) is 26.1 Å². The minimum atomic E-state index is -1.60. The highest BCUT2D eigenvalue weighted by Gasteiger charge is 2.44. The Morgan fingerprint density at radius 2 is 0.949 bits per heavy atom. The van der Waals surface area contributed by atoms with Crippen LogP contribution in [0.5, 0.6) is 0 Å². The fraction of sp³-hybridized carbons (Fsp3) is 0.837. The van der Waals surface area contributed by atoms with E-state index < -0.39 is 55.4 Å². The summed E-state index contributed by atoms with van der Waals surface area (Å²) in [6.45, 7) is 3.38. The Bertz CT molecular complexity index is 1060. The molecule has 344 valence electrons. The van der Waals surface area contributed by atoms with Gasteiger partial charge in [0.1, 0.15) is 31.0 Å². The monoisotopic (exact) mass is 837 g/mol. The van der Waals surface area contributed by atoms with Crippen molar-refractivity contribution < 1.29 is 49.0 Å². The smallest absolute Gasteiger partial charge is 0.306 e. The number of aliphatic hydroxyl groups is 4. The number of esters is 2. The number of hydrogen-bond donors (Lipinski definition) is 4. The van der Waals surface area contributed by atoms with Crippen molar-refractivity contribution in [3.05, 3.63) is 36.5 Å². The lowest BCUT2D eigenvalue weighted by atomic mass is 9.99. The fourth-order valence-corrected chi connectivity index (χ4v) is 7.20. The van der Waals surface area contributed by atoms with Gasteiger partial charge in [-0.05, 0) is 51.4 Å². The van der Waals surface area contributed by atoms with Crippen molar-refractivity contribution in [2.24, 2.45) is 0 Å². The molecule has 6 atom stereocenters. The van der Waals surface area contributed by atoms with Crippen molar-refractivity contribution in [2.45, 2.75) is 243 Å². The highest BCUT2D eigenvalue weighted by Crippen LogP contribution is 2.23. The first-order chi connectivity index (χ1) is 28.8. The SMILES string of the molecule is CCCCC/C=C/C/C=C/C/C=C/CCCCC(=O)OC[C@H](CO[C@@H]1O[C@H](CO)[C@H](O)C(O)C1O)OC(=O)CCCCCCCCCCCCCCCCCCCCC. The zero-order valence-corrected chi connectivity index (χ0v) is 37.5. The van der Waals surface area contributed by atoms with E-state index in [0.29, 0.717) is 12.8 Å². The zero-order valence-electron chi connectivity index (χ0n) is 37.5. The standard InChI is InChI=1S/C49H88O10/c1-3-5-7-9-11-13-15-17-19-20-21-22-24-26-28-30-32-34-36-38-45(52)58-42(41-57-49-48(55)47(54)46(53)43(39-50)59-49)40-56-44(51)37-35-33-31-29-27-25-23-18-16-14-12-10-8-6-4-2/h12,14,18,23,27,29,42-43,46-50,53-55H,3-11,13,15-17,19-22,24-26,28,30-41H2,1-2H3/b14-12+,23-18+,29-27+/t42-,43-,46+,47?,48?,49-/m1/s1. The number of ether oxygens (including phenoxy) is 4. The van der Waals surface area contributed by atoms with Crippen molar-refractivity contribution in [3.63, 3.8) is 0 Å². The molecule has 0 aliphatic carbocycles. The molecule has 0 aromatic carbocycles. The second-order valence-corrected chi connectivity index (χ2v) is 16.6. The lowest BCUT2D eigenvalue weighted by Crippen LogP contribution is -2.59. The van der Waals surface area contributed by atoms with Crippen LogP contribution in [-0.2, 0) is 28.5 Å². The van der Waals surface area contributed by atoms with Gasteiger partial charge in [0.15, 0.2) is 12.4 Å². The number of aliphatic hydroxyl groups excluding tert-OH is 4. The molecule has 0 bridgehead atoms. The largest absolute Gasteiger partial charge is 0.462 e. The van der Waals surface area contributed by atoms with Crippen LogP contribution in [0.15, 0.2) is 36.5 Å². The van der Waals surface area contributed by atoms with Gasteiger partial charge >= 0.3 is 11.9 Å². The Morgan fingerprint density at radius 3 is 1.46 bits per heavy atom. The highest BCUT2D eigenvalue weighted by atomic mass is 16.7. The van der Waals surface area contributed by atoms with Crippen molar-refractivity contribution in [1.29, 1.82) is 0 Å². The van der Waals surface area contributed by atoms with Gasteiger partial charge in [0, 0.05) is 12.8 Å². The third kappa shape index (κ3) is 31.4. The van der Waals surface area contributed by atoms with E-state index >= 15 is 0 Å². The molecule has 1 saturated heterocycles. The van der Waals surface area contributed by atoms with Crippen LogP contribution < -0.4 is 0 Å². The van der Waals surface area contributed by atoms with Gasteiger partial charge in [0.2, 0.25) is 0 Å². The van der Waals surface area contributed by atoms with Crippen molar-refractivity contribution >= 4 is 11.9 Å². The molecule has 0 radical (unpaired) electrons. The van der Waals surface area contributed by atoms with Crippen molar-refractivity contribution in [2.75, 3.05) is 19.8 Å². The molecule has 2 unspecified atom stereocenters. The molecular formula is C49H88O10. The molecule has 0 aromatic heterocycles. The zero-order chi connectivity index (χ0) is 43.0. The van der Waals surface area contributed by atoms with Crippen LogP contribution in [-0.4, -0.2) is 89.0 Å². The van der Waals surface area contributed by atoms with Crippen molar-refractivity contribution in [1.82, 2.24) is 0 Å². The van der Waals surface area contributed by atoms with E-state index in [4.69, 9.17) is 18.9 Å². The van der Waals surface area contributed by atoms with Crippen LogP contribution in [0.25, 0.3) is 0 Å². The predicted octanol–water partition coefficient (Wildman–Crippen LogP) is 10.7. The lowest BCUT2D eigenvalue weighted by Gasteiger charge is -2.39. The molecule has 1 aliphatic heterocycles. The third-order valence-electron chi connectivity index (χ3n) is 11.0. The summed E-state index contributed by atoms with van der Waals surface area (Å²) in [5, 5.41) is 40.1. The number of hydrogen-bond acceptors (Lipinski definition) is 10. The Hall–Kier alpha value is -2.08. The summed E-state index contributed by atoms with van der Waals surface area (Å²) >= 11 is 0. The average molecular weight is 837 g/mol. The summed E-state index contributed by atoms with van der Waals surface area (Å²) in [7, 11) is 0. The topological polar surface area (TPSA) is 152 Å². The second-order valence-electron chi connectivity index (χ2n) is 16.6. The minimum Gasteiger partial charge on any atom is -0.462 e. The summed E-state index contributed by atoms with van der Waals surface area (Å²) in [5.41, 5.74) is 0. The van der Waals surface area contributed by atoms with E-state index in [1.54, 1.807) is 0 Å². The van der Waals surface area contributed by atoms with Gasteiger partial charge in [-0.3, -0.25) is 9.59 Å². The van der Waals surface area contributed by atoms with E-state index in [2.05, 4.69) is 50.3 Å². The second kappa shape index (κ2) is 40.0. The highest BCUT2D eigenvalue weighted by molar-refractivity contribution is 5.70. The number of allylic oxidation sites excluding steroid dienone is 6. The summed E-state index contributed by atoms with van der Waals surface area (Å²) in [6.07, 6.45) is 38.7. The van der Waals surface area contributed by atoms with Crippen molar-refractivity contribution in [3.8, 4) is 0 Å². The summed E-state index contributed by atoms with van der Waals surface area (Å²) in [4.78, 5) is 25.4. The van der Waals surface area contributed by atoms with Crippen LogP contribution in [0, 0.1) is 0 Å². The van der Waals surface area contributed by atoms with E-state index in [1.807, 2.05) is 0 Å². The predicted molar refractivity (Wildman–Crippen MR) is 238 cm³/mol. The molecule has 4 N–H and O–H groups in total. The molecule has 1 fully saturated rings. The molecule has 10 heteroatoms.